The van der Waals surface area contributed by atoms with E-state index < -0.39 is 5.91 Å². The number of hydrogen-bond donors (Lipinski definition) is 2. The van der Waals surface area contributed by atoms with Gasteiger partial charge in [0.05, 0.1) is 0 Å². The Balaban J connectivity index is 1.83. The predicted octanol–water partition coefficient (Wildman–Crippen LogP) is 1.84. The molecule has 0 saturated carbocycles. The fraction of sp³-hybridized carbons (Fsp3) is 0.562. The van der Waals surface area contributed by atoms with Gasteiger partial charge in [0.25, 0.3) is 5.91 Å². The third-order valence-corrected chi connectivity index (χ3v) is 3.87. The zero-order valence-corrected chi connectivity index (χ0v) is 12.7. The van der Waals surface area contributed by atoms with E-state index in [2.05, 4.69) is 17.1 Å². The fourth-order valence-electron chi connectivity index (χ4n) is 2.65. The van der Waals surface area contributed by atoms with E-state index in [9.17, 15) is 4.79 Å². The highest BCUT2D eigenvalue weighted by molar-refractivity contribution is 5.75. The Bertz CT molecular complexity index is 447. The zero-order valence-electron chi connectivity index (χ0n) is 12.7. The Labute approximate surface area is 126 Å². The van der Waals surface area contributed by atoms with Gasteiger partial charge in [0, 0.05) is 18.3 Å². The van der Waals surface area contributed by atoms with Crippen molar-refractivity contribution < 1.29 is 9.53 Å². The molecule has 0 radical (unpaired) electrons. The van der Waals surface area contributed by atoms with Crippen molar-refractivity contribution in [3.05, 3.63) is 24.3 Å². The Morgan fingerprint density at radius 1 is 1.33 bits per heavy atom. The monoisotopic (exact) mass is 291 g/mol. The molecular weight excluding hydrogens is 266 g/mol. The number of nitrogens with two attached hydrogens (primary N) is 1. The van der Waals surface area contributed by atoms with Crippen LogP contribution in [-0.4, -0.2) is 43.1 Å². The number of carbonyl (C=O) groups excluding carboxylic acids is 1. The van der Waals surface area contributed by atoms with Crippen LogP contribution in [0.5, 0.6) is 5.75 Å². The van der Waals surface area contributed by atoms with Crippen LogP contribution in [0.3, 0.4) is 0 Å². The average molecular weight is 291 g/mol. The maximum atomic E-state index is 10.7. The Kier molecular flexibility index (Phi) is 5.87. The first-order valence-electron chi connectivity index (χ1n) is 7.67. The number of nitrogens with zero attached hydrogens (tertiary/aromatic N) is 1. The summed E-state index contributed by atoms with van der Waals surface area (Å²) in [5.41, 5.74) is 6.14. The summed E-state index contributed by atoms with van der Waals surface area (Å²) in [5.74, 6) is 0.202. The number of benzene rings is 1. The lowest BCUT2D eigenvalue weighted by Crippen LogP contribution is -2.26. The minimum atomic E-state index is -0.462. The van der Waals surface area contributed by atoms with Crippen LogP contribution in [0.25, 0.3) is 0 Å². The molecule has 1 aliphatic rings. The number of rotatable bonds is 6. The highest BCUT2D eigenvalue weighted by atomic mass is 16.5. The summed E-state index contributed by atoms with van der Waals surface area (Å²) in [4.78, 5) is 13.2. The largest absolute Gasteiger partial charge is 0.484 e. The van der Waals surface area contributed by atoms with Gasteiger partial charge in [-0.25, -0.2) is 0 Å². The summed E-state index contributed by atoms with van der Waals surface area (Å²) >= 11 is 0. The van der Waals surface area contributed by atoms with Crippen LogP contribution in [0, 0.1) is 0 Å². The van der Waals surface area contributed by atoms with Crippen molar-refractivity contribution in [3.63, 3.8) is 0 Å². The first-order valence-corrected chi connectivity index (χ1v) is 7.67. The number of ether oxygens (including phenoxy) is 1. The number of amides is 1. The molecule has 1 amide bonds. The summed E-state index contributed by atoms with van der Waals surface area (Å²) < 4.78 is 5.25. The molecule has 21 heavy (non-hydrogen) atoms. The molecule has 0 aliphatic carbocycles. The molecule has 1 atom stereocenters. The highest BCUT2D eigenvalue weighted by Crippen LogP contribution is 2.20. The Morgan fingerprint density at radius 3 is 2.76 bits per heavy atom. The van der Waals surface area contributed by atoms with Crippen LogP contribution < -0.4 is 15.8 Å². The number of carbonyl (C=O) groups is 1. The molecule has 5 nitrogen and oxygen atoms in total. The van der Waals surface area contributed by atoms with Crippen LogP contribution in [0.2, 0.25) is 0 Å². The average Bonchev–Trinajstić information content (AvgIpc) is 2.71. The quantitative estimate of drug-likeness (QED) is 0.839. The van der Waals surface area contributed by atoms with Crippen molar-refractivity contribution in [3.8, 4) is 5.75 Å². The van der Waals surface area contributed by atoms with Crippen LogP contribution in [0.1, 0.15) is 26.2 Å². The highest BCUT2D eigenvalue weighted by Gasteiger charge is 2.15. The molecule has 0 aromatic heterocycles. The number of anilines is 1. The summed E-state index contributed by atoms with van der Waals surface area (Å²) in [7, 11) is 0. The molecule has 1 heterocycles. The molecule has 1 aromatic carbocycles. The second-order valence-corrected chi connectivity index (χ2v) is 5.49. The topological polar surface area (TPSA) is 67.6 Å². The smallest absolute Gasteiger partial charge is 0.255 e. The molecule has 1 unspecified atom stereocenters. The van der Waals surface area contributed by atoms with Gasteiger partial charge in [-0.15, -0.1) is 0 Å². The lowest BCUT2D eigenvalue weighted by Gasteiger charge is -2.19. The van der Waals surface area contributed by atoms with E-state index in [1.807, 2.05) is 24.3 Å². The Hall–Kier alpha value is -1.75. The second-order valence-electron chi connectivity index (χ2n) is 5.49. The van der Waals surface area contributed by atoms with Gasteiger partial charge in [-0.2, -0.15) is 0 Å². The third kappa shape index (κ3) is 5.27. The van der Waals surface area contributed by atoms with Gasteiger partial charge in [-0.3, -0.25) is 4.79 Å². The van der Waals surface area contributed by atoms with Gasteiger partial charge >= 0.3 is 0 Å². The molecular formula is C16H25N3O2. The standard InChI is InChI=1S/C16H25N3O2/c1-2-19-10-3-4-13(9-11-19)18-14-5-7-15(8-6-14)21-12-16(17)20/h5-8,13,18H,2-4,9-12H2,1H3,(H2,17,20). The van der Waals surface area contributed by atoms with Gasteiger partial charge in [0.2, 0.25) is 0 Å². The normalized spacial score (nSPS) is 19.8. The first kappa shape index (κ1) is 15.6. The van der Waals surface area contributed by atoms with Gasteiger partial charge in [0.15, 0.2) is 6.61 Å². The zero-order chi connectivity index (χ0) is 15.1. The fourth-order valence-corrected chi connectivity index (χ4v) is 2.65. The van der Waals surface area contributed by atoms with Crippen LogP contribution in [0.15, 0.2) is 24.3 Å². The number of hydrogen-bond acceptors (Lipinski definition) is 4. The van der Waals surface area contributed by atoms with E-state index in [1.165, 1.54) is 25.8 Å². The van der Waals surface area contributed by atoms with E-state index in [1.54, 1.807) is 0 Å². The molecule has 0 bridgehead atoms. The molecule has 5 heteroatoms. The van der Waals surface area contributed by atoms with Crippen LogP contribution >= 0.6 is 0 Å². The van der Waals surface area contributed by atoms with Gasteiger partial charge in [-0.05, 0) is 56.6 Å². The number of likely N-dealkylation sites (tertiary alicyclic amines) is 1. The minimum Gasteiger partial charge on any atom is -0.484 e. The molecule has 3 N–H and O–H groups in total. The summed E-state index contributed by atoms with van der Waals surface area (Å²) in [6.45, 7) is 5.64. The molecule has 116 valence electrons. The van der Waals surface area contributed by atoms with Gasteiger partial charge in [-0.1, -0.05) is 6.92 Å². The second kappa shape index (κ2) is 7.88. The summed E-state index contributed by atoms with van der Waals surface area (Å²) in [6.07, 6.45) is 3.62. The molecule has 1 saturated heterocycles. The molecule has 1 aliphatic heterocycles. The number of nitrogens with one attached hydrogen (secondary N) is 1. The maximum absolute atomic E-state index is 10.7. The maximum Gasteiger partial charge on any atom is 0.255 e. The molecule has 0 spiro atoms. The summed E-state index contributed by atoms with van der Waals surface area (Å²) in [6, 6.07) is 8.22. The van der Waals surface area contributed by atoms with E-state index in [0.29, 0.717) is 11.8 Å². The molecule has 1 fully saturated rings. The van der Waals surface area contributed by atoms with Crippen molar-refractivity contribution >= 4 is 11.6 Å². The summed E-state index contributed by atoms with van der Waals surface area (Å²) in [5, 5.41) is 3.58. The van der Waals surface area contributed by atoms with Crippen LogP contribution in [-0.2, 0) is 4.79 Å². The van der Waals surface area contributed by atoms with Crippen molar-refractivity contribution in [2.45, 2.75) is 32.2 Å². The Morgan fingerprint density at radius 2 is 2.10 bits per heavy atom. The van der Waals surface area contributed by atoms with E-state index >= 15 is 0 Å². The number of primary amides is 1. The van der Waals surface area contributed by atoms with Crippen molar-refractivity contribution in [1.82, 2.24) is 4.90 Å². The SMILES string of the molecule is CCN1CCCC(Nc2ccc(OCC(N)=O)cc2)CC1. The lowest BCUT2D eigenvalue weighted by molar-refractivity contribution is -0.119. The molecule has 2 rings (SSSR count). The molecule has 1 aromatic rings. The minimum absolute atomic E-state index is 0.0811. The predicted molar refractivity (Wildman–Crippen MR) is 84.5 cm³/mol. The van der Waals surface area contributed by atoms with E-state index in [4.69, 9.17) is 10.5 Å². The first-order chi connectivity index (χ1) is 10.2. The van der Waals surface area contributed by atoms with Crippen molar-refractivity contribution in [1.29, 1.82) is 0 Å². The van der Waals surface area contributed by atoms with Gasteiger partial charge in [0.1, 0.15) is 5.75 Å². The van der Waals surface area contributed by atoms with Crippen molar-refractivity contribution in [2.75, 3.05) is 31.6 Å². The van der Waals surface area contributed by atoms with E-state index in [0.717, 1.165) is 18.8 Å². The van der Waals surface area contributed by atoms with Crippen molar-refractivity contribution in [2.24, 2.45) is 5.73 Å². The van der Waals surface area contributed by atoms with Gasteiger partial charge < -0.3 is 20.7 Å². The third-order valence-electron chi connectivity index (χ3n) is 3.87. The van der Waals surface area contributed by atoms with Crippen LogP contribution in [0.4, 0.5) is 5.69 Å². The lowest BCUT2D eigenvalue weighted by atomic mass is 10.1. The van der Waals surface area contributed by atoms with E-state index in [-0.39, 0.29) is 6.61 Å².